The lowest BCUT2D eigenvalue weighted by atomic mass is 10.1. The van der Waals surface area contributed by atoms with Gasteiger partial charge in [-0.05, 0) is 37.3 Å². The number of imidazole rings is 1. The van der Waals surface area contributed by atoms with Crippen molar-refractivity contribution in [3.63, 3.8) is 0 Å². The zero-order valence-electron chi connectivity index (χ0n) is 17.1. The Morgan fingerprint density at radius 1 is 1.33 bits per heavy atom. The van der Waals surface area contributed by atoms with Crippen molar-refractivity contribution in [2.75, 3.05) is 0 Å². The summed E-state index contributed by atoms with van der Waals surface area (Å²) in [5.74, 6) is 5.02. The van der Waals surface area contributed by atoms with Crippen molar-refractivity contribution in [3.8, 4) is 17.6 Å². The van der Waals surface area contributed by atoms with E-state index in [4.69, 9.17) is 4.74 Å². The second kappa shape index (κ2) is 8.93. The molecule has 11 heteroatoms. The molecule has 1 aliphatic carbocycles. The van der Waals surface area contributed by atoms with Gasteiger partial charge in [-0.1, -0.05) is 24.6 Å². The molecule has 0 unspecified atom stereocenters. The number of ether oxygens (including phenoxy) is 1. The molecule has 1 aliphatic rings. The van der Waals surface area contributed by atoms with Gasteiger partial charge in [0.2, 0.25) is 0 Å². The van der Waals surface area contributed by atoms with E-state index in [2.05, 4.69) is 33.4 Å². The van der Waals surface area contributed by atoms with Gasteiger partial charge >= 0.3 is 15.6 Å². The molecule has 2 N–H and O–H groups in total. The lowest BCUT2D eigenvalue weighted by Gasteiger charge is -2.11. The number of alkyl halides is 3. The van der Waals surface area contributed by atoms with E-state index in [1.165, 1.54) is 22.8 Å². The normalized spacial score (nSPS) is 13.4. The Balaban J connectivity index is 1.38. The van der Waals surface area contributed by atoms with Crippen LogP contribution in [0.3, 0.4) is 0 Å². The number of aromatic nitrogens is 4. The van der Waals surface area contributed by atoms with Gasteiger partial charge in [-0.2, -0.15) is 8.78 Å². The minimum atomic E-state index is -3.08. The number of rotatable bonds is 6. The number of hydrogen-bond acceptors (Lipinski definition) is 5. The van der Waals surface area contributed by atoms with Crippen molar-refractivity contribution in [1.29, 1.82) is 0 Å². The first-order valence-electron chi connectivity index (χ1n) is 9.94. The lowest BCUT2D eigenvalue weighted by molar-refractivity contribution is -0.130. The highest BCUT2D eigenvalue weighted by atomic mass is 127. The molecule has 0 radical (unpaired) electrons. The fraction of sp³-hybridized carbons (Fsp3) is 0.273. The van der Waals surface area contributed by atoms with Crippen molar-refractivity contribution < 1.29 is 18.3 Å². The Morgan fingerprint density at radius 3 is 2.79 bits per heavy atom. The molecular weight excluding hydrogens is 549 g/mol. The van der Waals surface area contributed by atoms with Crippen LogP contribution in [-0.4, -0.2) is 25.5 Å². The summed E-state index contributed by atoms with van der Waals surface area (Å²) >= 11 is 0.998. The SMILES string of the molecule is C=C(CCC#Cc1nc2[nH]c(=O)n(C3CC3)c(=O)c2[nH]1)C(=O)Oc1cccc(C(F)(F)I)c1. The molecule has 33 heavy (non-hydrogen) atoms. The Bertz CT molecular complexity index is 1430. The maximum atomic E-state index is 13.4. The molecule has 0 spiro atoms. The quantitative estimate of drug-likeness (QED) is 0.119. The van der Waals surface area contributed by atoms with Crippen LogP contribution in [0.15, 0.2) is 46.0 Å². The summed E-state index contributed by atoms with van der Waals surface area (Å²) < 4.78 is 30.0. The average Bonchev–Trinajstić information content (AvgIpc) is 3.49. The highest BCUT2D eigenvalue weighted by Crippen LogP contribution is 2.36. The number of nitrogens with one attached hydrogen (secondary N) is 2. The van der Waals surface area contributed by atoms with Crippen LogP contribution in [0.2, 0.25) is 0 Å². The van der Waals surface area contributed by atoms with Gasteiger partial charge in [-0.25, -0.2) is 14.6 Å². The molecule has 0 atom stereocenters. The maximum absolute atomic E-state index is 13.4. The minimum Gasteiger partial charge on any atom is -0.423 e. The Labute approximate surface area is 199 Å². The van der Waals surface area contributed by atoms with Crippen LogP contribution in [0.5, 0.6) is 5.75 Å². The van der Waals surface area contributed by atoms with Crippen molar-refractivity contribution in [1.82, 2.24) is 19.5 Å². The molecule has 1 saturated carbocycles. The maximum Gasteiger partial charge on any atom is 0.338 e. The van der Waals surface area contributed by atoms with Crippen LogP contribution < -0.4 is 16.0 Å². The summed E-state index contributed by atoms with van der Waals surface area (Å²) in [6.45, 7) is 3.66. The van der Waals surface area contributed by atoms with Gasteiger partial charge in [0.25, 0.3) is 5.56 Å². The number of carbonyl (C=O) groups excluding carboxylic acids is 1. The topological polar surface area (TPSA) is 110 Å². The van der Waals surface area contributed by atoms with Gasteiger partial charge in [0.1, 0.15) is 5.75 Å². The molecular formula is C22H17F2IN4O4. The summed E-state index contributed by atoms with van der Waals surface area (Å²) in [5.41, 5.74) is -0.768. The largest absolute Gasteiger partial charge is 0.423 e. The first-order valence-corrected chi connectivity index (χ1v) is 11.0. The molecule has 0 amide bonds. The Morgan fingerprint density at radius 2 is 2.09 bits per heavy atom. The molecule has 0 saturated heterocycles. The van der Waals surface area contributed by atoms with E-state index in [1.807, 2.05) is 0 Å². The van der Waals surface area contributed by atoms with Crippen molar-refractivity contribution in [2.24, 2.45) is 0 Å². The highest BCUT2D eigenvalue weighted by Gasteiger charge is 2.28. The number of aromatic amines is 2. The van der Waals surface area contributed by atoms with E-state index in [0.29, 0.717) is 0 Å². The first kappa shape index (κ1) is 22.9. The van der Waals surface area contributed by atoms with Crippen LogP contribution in [0.4, 0.5) is 8.78 Å². The first-order chi connectivity index (χ1) is 15.6. The molecule has 4 rings (SSSR count). The van der Waals surface area contributed by atoms with E-state index < -0.39 is 21.1 Å². The van der Waals surface area contributed by atoms with Gasteiger partial charge in [-0.3, -0.25) is 14.3 Å². The minimum absolute atomic E-state index is 0.00537. The molecule has 1 aromatic carbocycles. The number of halogens is 3. The van der Waals surface area contributed by atoms with Crippen molar-refractivity contribution in [2.45, 2.75) is 35.7 Å². The number of carbonyl (C=O) groups is 1. The smallest absolute Gasteiger partial charge is 0.338 e. The monoisotopic (exact) mass is 566 g/mol. The van der Waals surface area contributed by atoms with Gasteiger partial charge in [0.15, 0.2) is 17.0 Å². The van der Waals surface area contributed by atoms with Crippen LogP contribution in [0.1, 0.15) is 43.1 Å². The molecule has 1 fully saturated rings. The van der Waals surface area contributed by atoms with Gasteiger partial charge in [-0.15, -0.1) is 0 Å². The number of fused-ring (bicyclic) bond motifs is 1. The average molecular weight is 566 g/mol. The summed E-state index contributed by atoms with van der Waals surface area (Å²) in [7, 11) is 0. The van der Waals surface area contributed by atoms with E-state index in [-0.39, 0.29) is 52.8 Å². The Hall–Kier alpha value is -3.27. The van der Waals surface area contributed by atoms with Gasteiger partial charge < -0.3 is 9.72 Å². The molecule has 0 bridgehead atoms. The van der Waals surface area contributed by atoms with Crippen LogP contribution >= 0.6 is 22.6 Å². The van der Waals surface area contributed by atoms with E-state index in [1.54, 1.807) is 0 Å². The standard InChI is InChI=1S/C22H17F2IN4O4/c1-12(20(31)33-15-7-4-6-13(11-15)22(23,24)25)5-2-3-8-16-26-17-18(27-16)28-21(32)29(19(17)30)14-9-10-14/h4,6-7,11,14H,1-2,5,9-10H2,(H,26,27)(H,28,32). The second-order valence-corrected chi connectivity index (χ2v) is 8.82. The summed E-state index contributed by atoms with van der Waals surface area (Å²) in [5, 5.41) is 0. The molecule has 3 aromatic rings. The third kappa shape index (κ3) is 5.22. The van der Waals surface area contributed by atoms with E-state index in [0.717, 1.165) is 41.5 Å². The van der Waals surface area contributed by atoms with Crippen molar-refractivity contribution in [3.05, 3.63) is 68.6 Å². The zero-order valence-corrected chi connectivity index (χ0v) is 19.2. The molecule has 2 heterocycles. The predicted molar refractivity (Wildman–Crippen MR) is 124 cm³/mol. The lowest BCUT2D eigenvalue weighted by Crippen LogP contribution is -2.34. The summed E-state index contributed by atoms with van der Waals surface area (Å²) in [4.78, 5) is 46.2. The van der Waals surface area contributed by atoms with Crippen molar-refractivity contribution >= 4 is 39.7 Å². The highest BCUT2D eigenvalue weighted by molar-refractivity contribution is 14.1. The zero-order chi connectivity index (χ0) is 23.8. The summed E-state index contributed by atoms with van der Waals surface area (Å²) in [6.07, 6.45) is 1.99. The third-order valence-electron chi connectivity index (χ3n) is 4.91. The number of hydrogen-bond donors (Lipinski definition) is 2. The fourth-order valence-corrected chi connectivity index (χ4v) is 3.43. The Kier molecular flexibility index (Phi) is 6.20. The van der Waals surface area contributed by atoms with E-state index >= 15 is 0 Å². The fourth-order valence-electron chi connectivity index (χ4n) is 3.09. The van der Waals surface area contributed by atoms with Crippen LogP contribution in [0.25, 0.3) is 11.2 Å². The predicted octanol–water partition coefficient (Wildman–Crippen LogP) is 3.53. The van der Waals surface area contributed by atoms with Crippen LogP contribution in [-0.2, 0) is 8.72 Å². The number of H-pyrrole nitrogens is 2. The number of benzene rings is 1. The molecule has 2 aromatic heterocycles. The van der Waals surface area contributed by atoms with Crippen LogP contribution in [0, 0.1) is 11.8 Å². The summed E-state index contributed by atoms with van der Waals surface area (Å²) in [6, 6.07) is 5.04. The van der Waals surface area contributed by atoms with Gasteiger partial charge in [0, 0.05) is 46.2 Å². The second-order valence-electron chi connectivity index (χ2n) is 7.47. The third-order valence-corrected chi connectivity index (χ3v) is 5.53. The molecule has 8 nitrogen and oxygen atoms in total. The molecule has 170 valence electrons. The van der Waals surface area contributed by atoms with E-state index in [9.17, 15) is 23.2 Å². The molecule has 0 aliphatic heterocycles. The number of esters is 1. The van der Waals surface area contributed by atoms with Gasteiger partial charge in [0.05, 0.1) is 0 Å². The number of nitrogens with zero attached hydrogens (tertiary/aromatic N) is 2.